The van der Waals surface area contributed by atoms with E-state index in [0.29, 0.717) is 18.4 Å². The van der Waals surface area contributed by atoms with Crippen LogP contribution in [0.1, 0.15) is 30.4 Å². The van der Waals surface area contributed by atoms with Gasteiger partial charge in [-0.15, -0.1) is 0 Å². The van der Waals surface area contributed by atoms with Gasteiger partial charge in [0.25, 0.3) is 0 Å². The van der Waals surface area contributed by atoms with Crippen molar-refractivity contribution in [2.45, 2.75) is 19.3 Å². The molecule has 4 unspecified atom stereocenters. The number of carbonyl (C=O) groups is 1. The fraction of sp³-hybridized carbons (Fsp3) is 0.348. The zero-order chi connectivity index (χ0) is 17.2. The largest absolute Gasteiger partial charge is 0.466 e. The quantitative estimate of drug-likeness (QED) is 0.579. The first-order valence-electron chi connectivity index (χ1n) is 9.24. The zero-order valence-electron chi connectivity index (χ0n) is 14.5. The van der Waals surface area contributed by atoms with Crippen LogP contribution < -0.4 is 0 Å². The van der Waals surface area contributed by atoms with Crippen LogP contribution >= 0.6 is 0 Å². The number of carbonyl (C=O) groups excluding carboxylic acids is 1. The molecule has 2 aliphatic rings. The molecule has 2 heteroatoms. The molecule has 0 aromatic heterocycles. The van der Waals surface area contributed by atoms with Crippen molar-refractivity contribution in [1.82, 2.24) is 0 Å². The number of esters is 1. The predicted octanol–water partition coefficient (Wildman–Crippen LogP) is 4.82. The maximum absolute atomic E-state index is 12.8. The first-order valence-corrected chi connectivity index (χ1v) is 9.24. The standard InChI is InChI=1S/C23H24O2/c1-2-25-23(24)22-19-14-13-18(15-19)21(22)20(16-9-5-3-6-10-16)17-11-7-4-8-12-17/h3-14,18-22H,2,15H2,1H3. The average molecular weight is 332 g/mol. The van der Waals surface area contributed by atoms with Gasteiger partial charge in [-0.1, -0.05) is 72.8 Å². The molecule has 4 rings (SSSR count). The third-order valence-corrected chi connectivity index (χ3v) is 5.78. The minimum atomic E-state index is -0.0413. The molecule has 2 aromatic carbocycles. The van der Waals surface area contributed by atoms with Crippen molar-refractivity contribution in [3.8, 4) is 0 Å². The minimum absolute atomic E-state index is 0.0267. The van der Waals surface area contributed by atoms with Gasteiger partial charge in [-0.25, -0.2) is 0 Å². The molecule has 0 saturated heterocycles. The number of ether oxygens (including phenoxy) is 1. The Bertz CT molecular complexity index is 711. The second kappa shape index (κ2) is 6.87. The maximum Gasteiger partial charge on any atom is 0.309 e. The van der Waals surface area contributed by atoms with Gasteiger partial charge in [0.15, 0.2) is 0 Å². The van der Waals surface area contributed by atoms with Crippen LogP contribution in [-0.4, -0.2) is 12.6 Å². The van der Waals surface area contributed by atoms with Crippen molar-refractivity contribution in [2.75, 3.05) is 6.61 Å². The van der Waals surface area contributed by atoms with Gasteiger partial charge in [-0.2, -0.15) is 0 Å². The van der Waals surface area contributed by atoms with Crippen molar-refractivity contribution in [2.24, 2.45) is 23.7 Å². The van der Waals surface area contributed by atoms with Gasteiger partial charge in [0, 0.05) is 5.92 Å². The van der Waals surface area contributed by atoms with Crippen molar-refractivity contribution < 1.29 is 9.53 Å². The summed E-state index contributed by atoms with van der Waals surface area (Å²) in [4.78, 5) is 12.8. The molecule has 0 N–H and O–H groups in total. The molecule has 4 atom stereocenters. The van der Waals surface area contributed by atoms with Crippen molar-refractivity contribution in [1.29, 1.82) is 0 Å². The fourth-order valence-electron chi connectivity index (χ4n) is 4.84. The average Bonchev–Trinajstić information content (AvgIpc) is 3.26. The summed E-state index contributed by atoms with van der Waals surface area (Å²) in [6, 6.07) is 21.2. The lowest BCUT2D eigenvalue weighted by molar-refractivity contribution is -0.150. The lowest BCUT2D eigenvalue weighted by atomic mass is 9.69. The van der Waals surface area contributed by atoms with Crippen LogP contribution in [0.4, 0.5) is 0 Å². The third kappa shape index (κ3) is 2.90. The fourth-order valence-corrected chi connectivity index (χ4v) is 4.84. The molecule has 128 valence electrons. The molecule has 25 heavy (non-hydrogen) atoms. The van der Waals surface area contributed by atoms with Gasteiger partial charge >= 0.3 is 5.97 Å². The van der Waals surface area contributed by atoms with E-state index >= 15 is 0 Å². The van der Waals surface area contributed by atoms with Crippen LogP contribution in [0, 0.1) is 23.7 Å². The molecule has 0 aliphatic heterocycles. The lowest BCUT2D eigenvalue weighted by Gasteiger charge is -2.34. The van der Waals surface area contributed by atoms with Gasteiger partial charge < -0.3 is 4.74 Å². The Kier molecular flexibility index (Phi) is 4.44. The van der Waals surface area contributed by atoms with Gasteiger partial charge in [-0.3, -0.25) is 4.79 Å². The molecule has 0 spiro atoms. The molecule has 2 bridgehead atoms. The summed E-state index contributed by atoms with van der Waals surface area (Å²) in [5.41, 5.74) is 2.57. The van der Waals surface area contributed by atoms with E-state index in [4.69, 9.17) is 4.74 Å². The summed E-state index contributed by atoms with van der Waals surface area (Å²) in [5.74, 6) is 1.19. The minimum Gasteiger partial charge on any atom is -0.466 e. The second-order valence-electron chi connectivity index (χ2n) is 7.10. The topological polar surface area (TPSA) is 26.3 Å². The van der Waals surface area contributed by atoms with E-state index in [1.165, 1.54) is 11.1 Å². The van der Waals surface area contributed by atoms with Gasteiger partial charge in [0.1, 0.15) is 0 Å². The normalized spacial score (nSPS) is 27.0. The summed E-state index contributed by atoms with van der Waals surface area (Å²) >= 11 is 0. The number of hydrogen-bond acceptors (Lipinski definition) is 2. The van der Waals surface area contributed by atoms with Crippen molar-refractivity contribution in [3.63, 3.8) is 0 Å². The van der Waals surface area contributed by atoms with E-state index in [1.807, 2.05) is 6.92 Å². The Balaban J connectivity index is 1.78. The highest BCUT2D eigenvalue weighted by molar-refractivity contribution is 5.75. The Hall–Kier alpha value is -2.35. The van der Waals surface area contributed by atoms with Crippen molar-refractivity contribution in [3.05, 3.63) is 83.9 Å². The summed E-state index contributed by atoms with van der Waals surface area (Å²) < 4.78 is 5.46. The second-order valence-corrected chi connectivity index (χ2v) is 7.10. The molecule has 1 saturated carbocycles. The SMILES string of the molecule is CCOC(=O)C1C2C=CC(C2)C1C(c1ccccc1)c1ccccc1. The van der Waals surface area contributed by atoms with Gasteiger partial charge in [0.05, 0.1) is 12.5 Å². The van der Waals surface area contributed by atoms with Gasteiger partial charge in [-0.05, 0) is 42.2 Å². The van der Waals surface area contributed by atoms with Crippen LogP contribution in [0.25, 0.3) is 0 Å². The van der Waals surface area contributed by atoms with E-state index < -0.39 is 0 Å². The van der Waals surface area contributed by atoms with Crippen molar-refractivity contribution >= 4 is 5.97 Å². The number of hydrogen-bond donors (Lipinski definition) is 0. The highest BCUT2D eigenvalue weighted by Gasteiger charge is 2.52. The molecular weight excluding hydrogens is 308 g/mol. The van der Waals surface area contributed by atoms with E-state index in [0.717, 1.165) is 6.42 Å². The summed E-state index contributed by atoms with van der Waals surface area (Å²) in [5, 5.41) is 0. The molecule has 2 nitrogen and oxygen atoms in total. The van der Waals surface area contributed by atoms with E-state index in [2.05, 4.69) is 72.8 Å². The van der Waals surface area contributed by atoms with E-state index in [-0.39, 0.29) is 23.7 Å². The first kappa shape index (κ1) is 16.1. The molecule has 0 radical (unpaired) electrons. The van der Waals surface area contributed by atoms with Crippen LogP contribution in [0.3, 0.4) is 0 Å². The third-order valence-electron chi connectivity index (χ3n) is 5.78. The zero-order valence-corrected chi connectivity index (χ0v) is 14.5. The molecule has 0 amide bonds. The summed E-state index contributed by atoms with van der Waals surface area (Å²) in [6.07, 6.45) is 5.63. The molecule has 0 heterocycles. The number of rotatable bonds is 5. The summed E-state index contributed by atoms with van der Waals surface area (Å²) in [7, 11) is 0. The smallest absolute Gasteiger partial charge is 0.309 e. The van der Waals surface area contributed by atoms with E-state index in [9.17, 15) is 4.79 Å². The highest BCUT2D eigenvalue weighted by Crippen LogP contribution is 2.55. The molecule has 1 fully saturated rings. The maximum atomic E-state index is 12.8. The van der Waals surface area contributed by atoms with Crippen LogP contribution in [-0.2, 0) is 9.53 Å². The highest BCUT2D eigenvalue weighted by atomic mass is 16.5. The Labute approximate surface area is 149 Å². The molecule has 2 aliphatic carbocycles. The Morgan fingerprint density at radius 2 is 1.52 bits per heavy atom. The number of benzene rings is 2. The monoisotopic (exact) mass is 332 g/mol. The first-order chi connectivity index (χ1) is 12.3. The number of allylic oxidation sites excluding steroid dienone is 2. The van der Waals surface area contributed by atoms with Crippen LogP contribution in [0.5, 0.6) is 0 Å². The van der Waals surface area contributed by atoms with E-state index in [1.54, 1.807) is 0 Å². The lowest BCUT2D eigenvalue weighted by Crippen LogP contribution is -2.33. The molecular formula is C23H24O2. The molecule has 2 aromatic rings. The Morgan fingerprint density at radius 3 is 2.08 bits per heavy atom. The summed E-state index contributed by atoms with van der Waals surface area (Å²) in [6.45, 7) is 2.34. The predicted molar refractivity (Wildman–Crippen MR) is 99.1 cm³/mol. The van der Waals surface area contributed by atoms with Crippen LogP contribution in [0.2, 0.25) is 0 Å². The Morgan fingerprint density at radius 1 is 0.960 bits per heavy atom. The van der Waals surface area contributed by atoms with Gasteiger partial charge in [0.2, 0.25) is 0 Å². The number of fused-ring (bicyclic) bond motifs is 2. The van der Waals surface area contributed by atoms with Crippen LogP contribution in [0.15, 0.2) is 72.8 Å².